The van der Waals surface area contributed by atoms with E-state index in [-0.39, 0.29) is 11.9 Å². The van der Waals surface area contributed by atoms with Gasteiger partial charge in [-0.15, -0.1) is 0 Å². The number of benzene rings is 3. The number of phenols is 1. The molecular weight excluding hydrogens is 496 g/mol. The highest BCUT2D eigenvalue weighted by atomic mass is 16.5. The van der Waals surface area contributed by atoms with Crippen LogP contribution in [0, 0.1) is 5.92 Å². The summed E-state index contributed by atoms with van der Waals surface area (Å²) < 4.78 is 12.9. The van der Waals surface area contributed by atoms with Crippen molar-refractivity contribution in [3.8, 4) is 28.5 Å². The van der Waals surface area contributed by atoms with Crippen molar-refractivity contribution in [1.82, 2.24) is 9.88 Å². The quantitative estimate of drug-likeness (QED) is 0.265. The van der Waals surface area contributed by atoms with E-state index >= 15 is 0 Å². The molecule has 3 atom stereocenters. The third-order valence-electron chi connectivity index (χ3n) is 8.17. The lowest BCUT2D eigenvalue weighted by atomic mass is 9.85. The topological polar surface area (TPSA) is 54.8 Å². The van der Waals surface area contributed by atoms with Gasteiger partial charge in [0.05, 0.1) is 5.69 Å². The van der Waals surface area contributed by atoms with Crippen LogP contribution in [0.4, 0.5) is 0 Å². The highest BCUT2D eigenvalue weighted by molar-refractivity contribution is 5.96. The van der Waals surface area contributed by atoms with Gasteiger partial charge in [0.25, 0.3) is 0 Å². The molecule has 0 saturated carbocycles. The van der Waals surface area contributed by atoms with E-state index in [2.05, 4.69) is 54.9 Å². The Hall–Kier alpha value is -4.09. The van der Waals surface area contributed by atoms with Crippen molar-refractivity contribution < 1.29 is 14.6 Å². The zero-order valence-corrected chi connectivity index (χ0v) is 23.4. The van der Waals surface area contributed by atoms with E-state index in [0.717, 1.165) is 69.6 Å². The second kappa shape index (κ2) is 11.2. The molecule has 204 valence electrons. The molecule has 0 bridgehead atoms. The SMILES string of the molecule is CC1=C(c2cccc(O)c2)C(c2ccc(OCC(C)N3CCC(C)C3)cc2)Oc2ccc(-c3ccccn3)cc21. The lowest BCUT2D eigenvalue weighted by Gasteiger charge is -2.31. The summed E-state index contributed by atoms with van der Waals surface area (Å²) in [6.45, 7) is 9.67. The summed E-state index contributed by atoms with van der Waals surface area (Å²) in [4.78, 5) is 7.04. The summed E-state index contributed by atoms with van der Waals surface area (Å²) >= 11 is 0. The standard InChI is InChI=1S/C35H36N2O3/c1-23-16-18-37(21-23)24(2)22-39-30-13-10-26(11-14-30)35-34(28-7-6-8-29(38)19-28)25(3)31-20-27(12-15-33(31)40-35)32-9-4-5-17-36-32/h4-15,17,19-20,23-24,35,38H,16,18,21-22H2,1-3H3. The van der Waals surface area contributed by atoms with Crippen LogP contribution in [0.1, 0.15) is 50.0 Å². The molecule has 1 fully saturated rings. The number of nitrogens with zero attached hydrogens (tertiary/aromatic N) is 2. The van der Waals surface area contributed by atoms with E-state index in [0.29, 0.717) is 12.6 Å². The van der Waals surface area contributed by atoms with Crippen molar-refractivity contribution in [1.29, 1.82) is 0 Å². The van der Waals surface area contributed by atoms with Gasteiger partial charge in [0.1, 0.15) is 30.0 Å². The molecule has 3 heterocycles. The number of aromatic hydroxyl groups is 1. The molecule has 2 aliphatic rings. The molecular formula is C35H36N2O3. The van der Waals surface area contributed by atoms with E-state index in [9.17, 15) is 5.11 Å². The normalized spacial score (nSPS) is 19.7. The van der Waals surface area contributed by atoms with Crippen LogP contribution in [-0.2, 0) is 0 Å². The van der Waals surface area contributed by atoms with Gasteiger partial charge in [-0.1, -0.05) is 37.3 Å². The average molecular weight is 533 g/mol. The van der Waals surface area contributed by atoms with Crippen molar-refractivity contribution in [2.45, 2.75) is 39.3 Å². The lowest BCUT2D eigenvalue weighted by molar-refractivity contribution is 0.169. The maximum absolute atomic E-state index is 10.3. The second-order valence-corrected chi connectivity index (χ2v) is 11.1. The van der Waals surface area contributed by atoms with Crippen LogP contribution >= 0.6 is 0 Å². The minimum absolute atomic E-state index is 0.231. The van der Waals surface area contributed by atoms with Crippen LogP contribution in [0.3, 0.4) is 0 Å². The number of phenolic OH excluding ortho intramolecular Hbond substituents is 1. The number of rotatable bonds is 7. The van der Waals surface area contributed by atoms with E-state index in [1.807, 2.05) is 54.7 Å². The molecule has 1 N–H and O–H groups in total. The molecule has 5 nitrogen and oxygen atoms in total. The Balaban J connectivity index is 1.30. The molecule has 1 saturated heterocycles. The average Bonchev–Trinajstić information content (AvgIpc) is 3.42. The number of hydrogen-bond acceptors (Lipinski definition) is 5. The van der Waals surface area contributed by atoms with Gasteiger partial charge in [-0.2, -0.15) is 0 Å². The van der Waals surface area contributed by atoms with Crippen LogP contribution in [0.2, 0.25) is 0 Å². The van der Waals surface area contributed by atoms with Crippen molar-refractivity contribution >= 4 is 11.1 Å². The Morgan fingerprint density at radius 2 is 1.85 bits per heavy atom. The molecule has 5 heteroatoms. The first-order valence-corrected chi connectivity index (χ1v) is 14.2. The third kappa shape index (κ3) is 5.34. The Bertz CT molecular complexity index is 1510. The van der Waals surface area contributed by atoms with Crippen molar-refractivity contribution in [2.24, 2.45) is 5.92 Å². The minimum Gasteiger partial charge on any atom is -0.508 e. The molecule has 0 aliphatic carbocycles. The molecule has 0 spiro atoms. The molecule has 1 aromatic heterocycles. The third-order valence-corrected chi connectivity index (χ3v) is 8.17. The van der Waals surface area contributed by atoms with Gasteiger partial charge in [0, 0.05) is 35.5 Å². The number of hydrogen-bond donors (Lipinski definition) is 1. The maximum Gasteiger partial charge on any atom is 0.150 e. The van der Waals surface area contributed by atoms with E-state index in [4.69, 9.17) is 9.47 Å². The summed E-state index contributed by atoms with van der Waals surface area (Å²) in [7, 11) is 0. The van der Waals surface area contributed by atoms with Gasteiger partial charge < -0.3 is 14.6 Å². The highest BCUT2D eigenvalue weighted by Gasteiger charge is 2.30. The van der Waals surface area contributed by atoms with Gasteiger partial charge in [-0.05, 0) is 104 Å². The van der Waals surface area contributed by atoms with Crippen LogP contribution < -0.4 is 9.47 Å². The number of fused-ring (bicyclic) bond motifs is 1. The molecule has 4 aromatic rings. The molecule has 6 rings (SSSR count). The molecule has 2 aliphatic heterocycles. The van der Waals surface area contributed by atoms with E-state index < -0.39 is 0 Å². The fraction of sp³-hybridized carbons (Fsp3) is 0.286. The number of ether oxygens (including phenoxy) is 2. The monoisotopic (exact) mass is 532 g/mol. The first-order valence-electron chi connectivity index (χ1n) is 14.2. The first kappa shape index (κ1) is 26.1. The summed E-state index contributed by atoms with van der Waals surface area (Å²) in [6.07, 6.45) is 2.75. The molecule has 40 heavy (non-hydrogen) atoms. The Labute approximate surface area is 236 Å². The summed E-state index contributed by atoms with van der Waals surface area (Å²) in [5.74, 6) is 2.69. The minimum atomic E-state index is -0.325. The molecule has 3 aromatic carbocycles. The lowest BCUT2D eigenvalue weighted by Crippen LogP contribution is -2.35. The molecule has 0 radical (unpaired) electrons. The van der Waals surface area contributed by atoms with Crippen LogP contribution in [-0.4, -0.2) is 40.7 Å². The van der Waals surface area contributed by atoms with Gasteiger partial charge >= 0.3 is 0 Å². The van der Waals surface area contributed by atoms with Gasteiger partial charge in [-0.3, -0.25) is 9.88 Å². The van der Waals surface area contributed by atoms with Crippen molar-refractivity contribution in [3.05, 3.63) is 108 Å². The summed E-state index contributed by atoms with van der Waals surface area (Å²) in [5, 5.41) is 10.3. The Morgan fingerprint density at radius 3 is 2.58 bits per heavy atom. The number of aromatic nitrogens is 1. The summed E-state index contributed by atoms with van der Waals surface area (Å²) in [6, 6.07) is 28.2. The number of likely N-dealkylation sites (tertiary alicyclic amines) is 1. The molecule has 3 unspecified atom stereocenters. The zero-order valence-electron chi connectivity index (χ0n) is 23.4. The van der Waals surface area contributed by atoms with Crippen LogP contribution in [0.15, 0.2) is 91.1 Å². The van der Waals surface area contributed by atoms with E-state index in [1.54, 1.807) is 12.1 Å². The highest BCUT2D eigenvalue weighted by Crippen LogP contribution is 2.47. The predicted molar refractivity (Wildman–Crippen MR) is 160 cm³/mol. The van der Waals surface area contributed by atoms with E-state index in [1.165, 1.54) is 6.42 Å². The van der Waals surface area contributed by atoms with Crippen LogP contribution in [0.5, 0.6) is 17.2 Å². The molecule has 0 amide bonds. The largest absolute Gasteiger partial charge is 0.508 e. The van der Waals surface area contributed by atoms with Crippen LogP contribution in [0.25, 0.3) is 22.4 Å². The van der Waals surface area contributed by atoms with Gasteiger partial charge in [0.2, 0.25) is 0 Å². The fourth-order valence-corrected chi connectivity index (χ4v) is 5.85. The first-order chi connectivity index (χ1) is 19.5. The Kier molecular flexibility index (Phi) is 7.31. The van der Waals surface area contributed by atoms with Crippen molar-refractivity contribution in [2.75, 3.05) is 19.7 Å². The van der Waals surface area contributed by atoms with Gasteiger partial charge in [-0.25, -0.2) is 0 Å². The smallest absolute Gasteiger partial charge is 0.150 e. The number of pyridine rings is 1. The van der Waals surface area contributed by atoms with Gasteiger partial charge in [0.15, 0.2) is 0 Å². The second-order valence-electron chi connectivity index (χ2n) is 11.1. The zero-order chi connectivity index (χ0) is 27.6. The Morgan fingerprint density at radius 1 is 1.00 bits per heavy atom. The maximum atomic E-state index is 10.3. The fourth-order valence-electron chi connectivity index (χ4n) is 5.85. The number of allylic oxidation sites excluding steroid dienone is 1. The van der Waals surface area contributed by atoms with Crippen molar-refractivity contribution in [3.63, 3.8) is 0 Å². The predicted octanol–water partition coefficient (Wildman–Crippen LogP) is 7.63. The summed E-state index contributed by atoms with van der Waals surface area (Å²) in [5.41, 5.74) is 7.10.